The molecule has 0 fully saturated rings. The Balaban J connectivity index is 2.65. The van der Waals surface area contributed by atoms with Gasteiger partial charge in [0.1, 0.15) is 0 Å². The molecule has 0 nitrogen and oxygen atoms in total. The lowest BCUT2D eigenvalue weighted by Gasteiger charge is -1.64. The van der Waals surface area contributed by atoms with Crippen LogP contribution in [0, 0.1) is 0 Å². The van der Waals surface area contributed by atoms with Crippen molar-refractivity contribution in [3.05, 3.63) is 25.3 Å². The standard InChI is InChI=1S/C5H8/c1-3-5-4-2/h3-4H,1-2,5H2/i5-11. The summed E-state index contributed by atoms with van der Waals surface area (Å²) in [6.45, 7) is 6.96. The van der Waals surface area contributed by atoms with Crippen LogP contribution in [0.2, 0.25) is 0 Å². The fraction of sp³-hybridized carbons (Fsp3) is 0.200. The Labute approximate surface area is 32.8 Å². The topological polar surface area (TPSA) is 0 Å². The van der Waals surface area contributed by atoms with E-state index in [9.17, 15) is 0 Å². The highest BCUT2D eigenvalue weighted by Gasteiger charge is 1.52. The molecule has 28 valence electrons. The van der Waals surface area contributed by atoms with Gasteiger partial charge in [-0.2, -0.15) is 0 Å². The molecule has 0 amide bonds. The SMILES string of the molecule is C=C[1CH2]C=C. The molecule has 0 atom stereocenters. The van der Waals surface area contributed by atoms with Crippen molar-refractivity contribution < 1.29 is 0 Å². The minimum Gasteiger partial charge on any atom is -0.103 e. The van der Waals surface area contributed by atoms with Crippen molar-refractivity contribution in [2.45, 2.75) is 6.42 Å². The van der Waals surface area contributed by atoms with Crippen LogP contribution < -0.4 is 0 Å². The zero-order valence-corrected chi connectivity index (χ0v) is 3.28. The molecule has 0 heterocycles. The maximum absolute atomic E-state index is 3.48. The van der Waals surface area contributed by atoms with E-state index in [0.29, 0.717) is 0 Å². The minimum atomic E-state index is 0.917. The second-order valence-corrected chi connectivity index (χ2v) is 0.813. The van der Waals surface area contributed by atoms with Crippen LogP contribution in [-0.4, -0.2) is 0 Å². The molecule has 0 saturated heterocycles. The first-order valence-electron chi connectivity index (χ1n) is 1.63. The molecule has 0 aromatic carbocycles. The fourth-order valence-electron chi connectivity index (χ4n) is 0.118. The molecule has 5 heavy (non-hydrogen) atoms. The largest absolute Gasteiger partial charge is 0.103 e. The van der Waals surface area contributed by atoms with Crippen molar-refractivity contribution in [3.63, 3.8) is 0 Å². The van der Waals surface area contributed by atoms with Gasteiger partial charge in [0.15, 0.2) is 0 Å². The van der Waals surface area contributed by atoms with Crippen LogP contribution >= 0.6 is 0 Å². The van der Waals surface area contributed by atoms with Crippen LogP contribution in [0.4, 0.5) is 0 Å². The summed E-state index contributed by atoms with van der Waals surface area (Å²) in [5.41, 5.74) is 0. The zero-order chi connectivity index (χ0) is 4.12. The van der Waals surface area contributed by atoms with E-state index in [1.807, 2.05) is 12.2 Å². The average molecular weight is 57.1 g/mol. The highest BCUT2D eigenvalue weighted by Crippen LogP contribution is 1.73. The first-order chi connectivity index (χ1) is 2.41. The quantitative estimate of drug-likeness (QED) is 0.423. The Morgan fingerprint density at radius 2 is 1.60 bits per heavy atom. The van der Waals surface area contributed by atoms with E-state index in [1.54, 1.807) is 0 Å². The first kappa shape index (κ1) is 4.48. The highest BCUT2D eigenvalue weighted by atomic mass is 12.8. The summed E-state index contributed by atoms with van der Waals surface area (Å²) in [5, 5.41) is 0. The molecular weight excluding hydrogens is 49.0 g/mol. The van der Waals surface area contributed by atoms with Crippen molar-refractivity contribution in [2.75, 3.05) is 0 Å². The second-order valence-electron chi connectivity index (χ2n) is 0.813. The predicted octanol–water partition coefficient (Wildman–Crippen LogP) is 1.75. The van der Waals surface area contributed by atoms with Crippen LogP contribution in [0.15, 0.2) is 25.3 Å². The third-order valence-corrected chi connectivity index (χ3v) is 0.333. The normalized spacial score (nSPS) is 6.40. The van der Waals surface area contributed by atoms with Crippen LogP contribution in [0.25, 0.3) is 0 Å². The maximum Gasteiger partial charge on any atom is -0.0175 e. The van der Waals surface area contributed by atoms with Crippen LogP contribution in [0.3, 0.4) is 0 Å². The van der Waals surface area contributed by atoms with Gasteiger partial charge in [-0.1, -0.05) is 12.2 Å². The van der Waals surface area contributed by atoms with Gasteiger partial charge < -0.3 is 0 Å². The summed E-state index contributed by atoms with van der Waals surface area (Å²) in [7, 11) is 0. The van der Waals surface area contributed by atoms with Gasteiger partial charge in [0.05, 0.1) is 0 Å². The van der Waals surface area contributed by atoms with Gasteiger partial charge >= 0.3 is 0 Å². The Hall–Kier alpha value is -0.520. The number of hydrogen-bond acceptors (Lipinski definition) is 0. The van der Waals surface area contributed by atoms with Crippen LogP contribution in [-0.2, 0) is 0 Å². The van der Waals surface area contributed by atoms with Crippen LogP contribution in [0.5, 0.6) is 0 Å². The van der Waals surface area contributed by atoms with E-state index in [1.165, 1.54) is 0 Å². The van der Waals surface area contributed by atoms with E-state index in [0.717, 1.165) is 6.42 Å². The van der Waals surface area contributed by atoms with Gasteiger partial charge in [-0.05, 0) is 6.42 Å². The summed E-state index contributed by atoms with van der Waals surface area (Å²) in [6, 6.07) is 0. The monoisotopic (exact) mass is 57.1 g/mol. The first-order valence-corrected chi connectivity index (χ1v) is 1.63. The Kier molecular flexibility index (Phi) is 3.12. The second kappa shape index (κ2) is 3.48. The molecule has 0 aliphatic heterocycles. The van der Waals surface area contributed by atoms with Crippen molar-refractivity contribution in [3.8, 4) is 0 Å². The van der Waals surface area contributed by atoms with Gasteiger partial charge in [-0.3, -0.25) is 0 Å². The molecule has 0 unspecified atom stereocenters. The summed E-state index contributed by atoms with van der Waals surface area (Å²) in [5.74, 6) is 0. The summed E-state index contributed by atoms with van der Waals surface area (Å²) in [4.78, 5) is 0. The molecule has 0 aliphatic rings. The van der Waals surface area contributed by atoms with Gasteiger partial charge in [-0.15, -0.1) is 13.2 Å². The molecular formula is C5H8. The molecule has 0 N–H and O–H groups in total. The van der Waals surface area contributed by atoms with E-state index in [4.69, 9.17) is 0 Å². The highest BCUT2D eigenvalue weighted by molar-refractivity contribution is 4.79. The van der Waals surface area contributed by atoms with E-state index in [2.05, 4.69) is 13.2 Å². The van der Waals surface area contributed by atoms with E-state index < -0.39 is 0 Å². The molecule has 0 rings (SSSR count). The smallest absolute Gasteiger partial charge is 0.0175 e. The molecule has 0 aromatic heterocycles. The van der Waals surface area contributed by atoms with Gasteiger partial charge in [0.2, 0.25) is 0 Å². The summed E-state index contributed by atoms with van der Waals surface area (Å²) >= 11 is 0. The van der Waals surface area contributed by atoms with Crippen molar-refractivity contribution in [2.24, 2.45) is 0 Å². The number of allylic oxidation sites excluding steroid dienone is 2. The lowest BCUT2D eigenvalue weighted by Crippen LogP contribution is -1.43. The lowest BCUT2D eigenvalue weighted by atomic mass is 0.821. The van der Waals surface area contributed by atoms with Crippen molar-refractivity contribution >= 4 is 0 Å². The number of rotatable bonds is 2. The maximum atomic E-state index is 3.48. The van der Waals surface area contributed by atoms with Crippen LogP contribution in [0.1, 0.15) is 6.42 Å². The molecule has 0 aromatic rings. The lowest BCUT2D eigenvalue weighted by molar-refractivity contribution is 1.42. The van der Waals surface area contributed by atoms with E-state index in [-0.39, 0.29) is 0 Å². The molecule has 0 bridgehead atoms. The Morgan fingerprint density at radius 3 is 1.60 bits per heavy atom. The average Bonchev–Trinajstić information content (AvgIpc) is 1.41. The molecule has 0 heteroatoms. The fourth-order valence-corrected chi connectivity index (χ4v) is 0.118. The predicted molar refractivity (Wildman–Crippen MR) is 25.0 cm³/mol. The molecule has 0 saturated carbocycles. The Bertz CT molecular complexity index is 29.3. The summed E-state index contributed by atoms with van der Waals surface area (Å²) < 4.78 is 0. The van der Waals surface area contributed by atoms with Gasteiger partial charge in [0.25, 0.3) is 0 Å². The van der Waals surface area contributed by atoms with Gasteiger partial charge in [-0.25, -0.2) is 0 Å². The zero-order valence-electron chi connectivity index (χ0n) is 3.28. The Morgan fingerprint density at radius 1 is 1.20 bits per heavy atom. The molecule has 0 spiro atoms. The third kappa shape index (κ3) is 3.48. The minimum absolute atomic E-state index is 0.917. The van der Waals surface area contributed by atoms with Crippen molar-refractivity contribution in [1.82, 2.24) is 0 Å². The third-order valence-electron chi connectivity index (χ3n) is 0.333. The molecule has 0 radical (unpaired) electrons. The summed E-state index contributed by atoms with van der Waals surface area (Å²) in [6.07, 6.45) is 4.54. The van der Waals surface area contributed by atoms with Crippen molar-refractivity contribution in [1.29, 1.82) is 0 Å². The van der Waals surface area contributed by atoms with E-state index >= 15 is 0 Å². The van der Waals surface area contributed by atoms with Gasteiger partial charge in [0, 0.05) is 0 Å². The molecule has 0 aliphatic carbocycles. The number of hydrogen-bond donors (Lipinski definition) is 0.